The third-order valence-electron chi connectivity index (χ3n) is 3.57. The van der Waals surface area contributed by atoms with Gasteiger partial charge in [0.05, 0.1) is 11.7 Å². The van der Waals surface area contributed by atoms with Crippen molar-refractivity contribution in [2.75, 3.05) is 13.6 Å². The molecule has 0 saturated carbocycles. The van der Waals surface area contributed by atoms with Crippen LogP contribution in [0, 0.1) is 0 Å². The van der Waals surface area contributed by atoms with E-state index in [-0.39, 0.29) is 17.8 Å². The van der Waals surface area contributed by atoms with Crippen LogP contribution in [0.3, 0.4) is 0 Å². The number of hydrogen-bond donors (Lipinski definition) is 3. The van der Waals surface area contributed by atoms with Crippen LogP contribution < -0.4 is 11.4 Å². The fourth-order valence-electron chi connectivity index (χ4n) is 2.55. The molecule has 1 aliphatic heterocycles. The van der Waals surface area contributed by atoms with Crippen LogP contribution in [0.2, 0.25) is 0 Å². The lowest BCUT2D eigenvalue weighted by molar-refractivity contribution is 0.169. The van der Waals surface area contributed by atoms with Crippen LogP contribution in [0.5, 0.6) is 0 Å². The number of hydrogen-bond acceptors (Lipinski definition) is 5. The molecule has 4 N–H and O–H groups in total. The summed E-state index contributed by atoms with van der Waals surface area (Å²) < 4.78 is 0. The zero-order valence-electron chi connectivity index (χ0n) is 10.2. The molecule has 1 aliphatic rings. The Kier molecular flexibility index (Phi) is 2.64. The summed E-state index contributed by atoms with van der Waals surface area (Å²) in [5, 5.41) is 0. The first-order chi connectivity index (χ1) is 8.65. The lowest BCUT2D eigenvalue weighted by Gasteiger charge is -2.35. The van der Waals surface area contributed by atoms with Crippen LogP contribution in [0.15, 0.2) is 11.1 Å². The third-order valence-corrected chi connectivity index (χ3v) is 3.57. The number of aromatic amines is 2. The van der Waals surface area contributed by atoms with E-state index in [4.69, 9.17) is 5.73 Å². The molecule has 7 nitrogen and oxygen atoms in total. The van der Waals surface area contributed by atoms with E-state index in [1.807, 2.05) is 0 Å². The summed E-state index contributed by atoms with van der Waals surface area (Å²) in [7, 11) is 2.05. The van der Waals surface area contributed by atoms with Gasteiger partial charge in [-0.15, -0.1) is 0 Å². The van der Waals surface area contributed by atoms with Crippen LogP contribution in [-0.4, -0.2) is 44.5 Å². The van der Waals surface area contributed by atoms with Crippen LogP contribution in [-0.2, 0) is 0 Å². The molecule has 0 aromatic carbocycles. The summed E-state index contributed by atoms with van der Waals surface area (Å²) in [6.45, 7) is 0.936. The van der Waals surface area contributed by atoms with E-state index in [0.717, 1.165) is 25.1 Å². The molecule has 2 unspecified atom stereocenters. The fourth-order valence-corrected chi connectivity index (χ4v) is 2.55. The minimum atomic E-state index is -0.255. The average molecular weight is 248 g/mol. The first-order valence-electron chi connectivity index (χ1n) is 6.04. The van der Waals surface area contributed by atoms with Gasteiger partial charge in [-0.25, -0.2) is 14.8 Å². The SMILES string of the molecule is CN1CCC(N)CC1c1ncnc2[nH]c(=O)[nH]c12. The van der Waals surface area contributed by atoms with E-state index < -0.39 is 0 Å². The number of rotatable bonds is 1. The zero-order valence-corrected chi connectivity index (χ0v) is 10.2. The number of nitrogens with one attached hydrogen (secondary N) is 2. The van der Waals surface area contributed by atoms with Gasteiger partial charge in [0.2, 0.25) is 0 Å². The molecule has 2 atom stereocenters. The highest BCUT2D eigenvalue weighted by Crippen LogP contribution is 2.30. The van der Waals surface area contributed by atoms with E-state index in [9.17, 15) is 4.79 Å². The fraction of sp³-hybridized carbons (Fsp3) is 0.545. The first-order valence-corrected chi connectivity index (χ1v) is 6.04. The van der Waals surface area contributed by atoms with Crippen molar-refractivity contribution < 1.29 is 0 Å². The summed E-state index contributed by atoms with van der Waals surface area (Å²) in [5.74, 6) is 0. The number of H-pyrrole nitrogens is 2. The zero-order chi connectivity index (χ0) is 12.7. The Labute approximate surface area is 103 Å². The highest BCUT2D eigenvalue weighted by molar-refractivity contribution is 5.72. The second-order valence-electron chi connectivity index (χ2n) is 4.84. The smallest absolute Gasteiger partial charge is 0.325 e. The maximum Gasteiger partial charge on any atom is 0.325 e. The van der Waals surface area contributed by atoms with Crippen molar-refractivity contribution in [3.05, 3.63) is 22.5 Å². The molecule has 18 heavy (non-hydrogen) atoms. The number of aromatic nitrogens is 4. The molecule has 1 saturated heterocycles. The number of fused-ring (bicyclic) bond motifs is 1. The van der Waals surface area contributed by atoms with Gasteiger partial charge in [-0.3, -0.25) is 9.88 Å². The van der Waals surface area contributed by atoms with E-state index in [1.165, 1.54) is 6.33 Å². The van der Waals surface area contributed by atoms with E-state index in [0.29, 0.717) is 11.2 Å². The molecule has 96 valence electrons. The Bertz CT molecular complexity index is 617. The van der Waals surface area contributed by atoms with Crippen molar-refractivity contribution in [2.24, 2.45) is 5.73 Å². The molecule has 3 rings (SSSR count). The number of likely N-dealkylation sites (tertiary alicyclic amines) is 1. The standard InChI is InChI=1S/C11H16N6O/c1-17-3-2-6(12)4-7(17)8-9-10(14-5-13-8)16-11(18)15-9/h5-7H,2-4,12H2,1H3,(H2,13,14,15,16,18). The predicted molar refractivity (Wildman–Crippen MR) is 67.1 cm³/mol. The second kappa shape index (κ2) is 4.18. The Hall–Kier alpha value is -1.73. The van der Waals surface area contributed by atoms with Gasteiger partial charge in [-0.2, -0.15) is 0 Å². The van der Waals surface area contributed by atoms with Gasteiger partial charge in [-0.05, 0) is 26.4 Å². The van der Waals surface area contributed by atoms with Crippen molar-refractivity contribution in [3.8, 4) is 0 Å². The summed E-state index contributed by atoms with van der Waals surface area (Å²) in [6, 6.07) is 0.313. The lowest BCUT2D eigenvalue weighted by Crippen LogP contribution is -2.40. The van der Waals surface area contributed by atoms with Gasteiger partial charge in [0.25, 0.3) is 0 Å². The maximum absolute atomic E-state index is 11.4. The summed E-state index contributed by atoms with van der Waals surface area (Å²) in [5.41, 5.74) is 7.85. The van der Waals surface area contributed by atoms with Gasteiger partial charge in [0.1, 0.15) is 11.8 Å². The molecular formula is C11H16N6O. The first kappa shape index (κ1) is 11.4. The molecule has 2 aromatic rings. The van der Waals surface area contributed by atoms with Gasteiger partial charge in [0, 0.05) is 6.04 Å². The van der Waals surface area contributed by atoms with Crippen LogP contribution in [0.25, 0.3) is 11.2 Å². The Morgan fingerprint density at radius 3 is 3.11 bits per heavy atom. The molecule has 3 heterocycles. The number of piperidine rings is 1. The van der Waals surface area contributed by atoms with Crippen LogP contribution >= 0.6 is 0 Å². The van der Waals surface area contributed by atoms with Crippen LogP contribution in [0.4, 0.5) is 0 Å². The van der Waals surface area contributed by atoms with E-state index in [2.05, 4.69) is 31.9 Å². The van der Waals surface area contributed by atoms with Crippen molar-refractivity contribution in [3.63, 3.8) is 0 Å². The molecule has 2 aromatic heterocycles. The third kappa shape index (κ3) is 1.81. The maximum atomic E-state index is 11.4. The minimum Gasteiger partial charge on any atom is -0.328 e. The molecule has 0 amide bonds. The molecule has 0 spiro atoms. The van der Waals surface area contributed by atoms with Crippen molar-refractivity contribution >= 4 is 11.2 Å². The van der Waals surface area contributed by atoms with Crippen molar-refractivity contribution in [1.82, 2.24) is 24.8 Å². The molecule has 1 fully saturated rings. The topological polar surface area (TPSA) is 104 Å². The van der Waals surface area contributed by atoms with Gasteiger partial charge >= 0.3 is 5.69 Å². The van der Waals surface area contributed by atoms with Gasteiger partial charge in [0.15, 0.2) is 5.65 Å². The van der Waals surface area contributed by atoms with E-state index >= 15 is 0 Å². The predicted octanol–water partition coefficient (Wildman–Crippen LogP) is -0.260. The summed E-state index contributed by atoms with van der Waals surface area (Å²) >= 11 is 0. The molecule has 7 heteroatoms. The Morgan fingerprint density at radius 1 is 1.44 bits per heavy atom. The molecule has 0 aliphatic carbocycles. The molecule has 0 bridgehead atoms. The largest absolute Gasteiger partial charge is 0.328 e. The second-order valence-corrected chi connectivity index (χ2v) is 4.84. The number of nitrogens with zero attached hydrogens (tertiary/aromatic N) is 3. The summed E-state index contributed by atoms with van der Waals surface area (Å²) in [6.07, 6.45) is 3.32. The number of imidazole rings is 1. The molecule has 0 radical (unpaired) electrons. The van der Waals surface area contributed by atoms with Crippen LogP contribution in [0.1, 0.15) is 24.6 Å². The lowest BCUT2D eigenvalue weighted by atomic mass is 9.95. The Morgan fingerprint density at radius 2 is 2.28 bits per heavy atom. The summed E-state index contributed by atoms with van der Waals surface area (Å²) in [4.78, 5) is 27.4. The van der Waals surface area contributed by atoms with Gasteiger partial charge < -0.3 is 10.7 Å². The highest BCUT2D eigenvalue weighted by atomic mass is 16.1. The van der Waals surface area contributed by atoms with Gasteiger partial charge in [-0.1, -0.05) is 0 Å². The minimum absolute atomic E-state index is 0.130. The monoisotopic (exact) mass is 248 g/mol. The Balaban J connectivity index is 2.10. The number of nitrogens with two attached hydrogens (primary N) is 1. The molecular weight excluding hydrogens is 232 g/mol. The quantitative estimate of drug-likeness (QED) is 0.645. The van der Waals surface area contributed by atoms with Crippen molar-refractivity contribution in [2.45, 2.75) is 24.9 Å². The van der Waals surface area contributed by atoms with Crippen molar-refractivity contribution in [1.29, 1.82) is 0 Å². The highest BCUT2D eigenvalue weighted by Gasteiger charge is 2.28. The normalized spacial score (nSPS) is 25.7. The average Bonchev–Trinajstić information content (AvgIpc) is 2.72. The van der Waals surface area contributed by atoms with E-state index in [1.54, 1.807) is 0 Å².